The van der Waals surface area contributed by atoms with Crippen LogP contribution in [0.2, 0.25) is 0 Å². The number of aryl methyl sites for hydroxylation is 1. The van der Waals surface area contributed by atoms with E-state index in [0.29, 0.717) is 61.3 Å². The van der Waals surface area contributed by atoms with Gasteiger partial charge in [-0.3, -0.25) is 4.98 Å². The maximum Gasteiger partial charge on any atom is 0.334 e. The SMILES string of the molecule is CCOc1cc(S(=O)(=O)N2CCN(C)CC2)ccc1-c1nc2c(C)nc(-c3ccccc3)n2c(=O)[nH]1. The molecule has 2 aromatic carbocycles. The minimum atomic E-state index is -3.68. The van der Waals surface area contributed by atoms with Gasteiger partial charge in [0.25, 0.3) is 0 Å². The van der Waals surface area contributed by atoms with E-state index in [-0.39, 0.29) is 10.7 Å². The number of ether oxygens (including phenoxy) is 1. The molecule has 0 atom stereocenters. The highest BCUT2D eigenvalue weighted by Gasteiger charge is 2.28. The summed E-state index contributed by atoms with van der Waals surface area (Å²) < 4.78 is 35.3. The van der Waals surface area contributed by atoms with Crippen LogP contribution >= 0.6 is 0 Å². The van der Waals surface area contributed by atoms with E-state index in [9.17, 15) is 13.2 Å². The second kappa shape index (κ2) is 9.49. The molecule has 2 aromatic heterocycles. The standard InChI is InChI=1S/C25H28N6O4S/c1-4-35-21-16-19(36(33,34)30-14-12-29(3)13-15-30)10-11-20(21)22-27-23-17(2)26-24(31(23)25(32)28-22)18-8-6-5-7-9-18/h5-11,16H,4,12-15H2,1-3H3,(H,27,28,32). The smallest absolute Gasteiger partial charge is 0.334 e. The summed E-state index contributed by atoms with van der Waals surface area (Å²) in [5.41, 5.74) is 1.92. The lowest BCUT2D eigenvalue weighted by Gasteiger charge is -2.31. The van der Waals surface area contributed by atoms with E-state index in [1.165, 1.54) is 20.8 Å². The Balaban J connectivity index is 1.59. The molecule has 0 unspecified atom stereocenters. The van der Waals surface area contributed by atoms with E-state index in [0.717, 1.165) is 5.56 Å². The van der Waals surface area contributed by atoms with E-state index in [4.69, 9.17) is 4.74 Å². The van der Waals surface area contributed by atoms with E-state index in [1.54, 1.807) is 13.0 Å². The predicted octanol–water partition coefficient (Wildman–Crippen LogP) is 2.39. The zero-order valence-corrected chi connectivity index (χ0v) is 21.2. The largest absolute Gasteiger partial charge is 0.493 e. The van der Waals surface area contributed by atoms with Gasteiger partial charge in [-0.1, -0.05) is 30.3 Å². The third-order valence-electron chi connectivity index (χ3n) is 6.31. The Hall–Kier alpha value is -3.54. The second-order valence-electron chi connectivity index (χ2n) is 8.73. The lowest BCUT2D eigenvalue weighted by molar-refractivity contribution is 0.222. The summed E-state index contributed by atoms with van der Waals surface area (Å²) in [6.07, 6.45) is 0. The molecule has 1 aliphatic heterocycles. The van der Waals surface area contributed by atoms with E-state index < -0.39 is 15.7 Å². The van der Waals surface area contributed by atoms with E-state index in [2.05, 4.69) is 19.9 Å². The first-order valence-electron chi connectivity index (χ1n) is 11.8. The van der Waals surface area contributed by atoms with Gasteiger partial charge in [-0.25, -0.2) is 27.6 Å². The molecule has 1 saturated heterocycles. The van der Waals surface area contributed by atoms with E-state index in [1.807, 2.05) is 44.3 Å². The quantitative estimate of drug-likeness (QED) is 0.426. The first-order chi connectivity index (χ1) is 17.3. The zero-order chi connectivity index (χ0) is 25.4. The number of hydrogen-bond acceptors (Lipinski definition) is 7. The summed E-state index contributed by atoms with van der Waals surface area (Å²) in [7, 11) is -1.71. The molecular formula is C25H28N6O4S. The molecule has 0 radical (unpaired) electrons. The Kier molecular flexibility index (Phi) is 6.37. The van der Waals surface area contributed by atoms with Crippen LogP contribution in [0.5, 0.6) is 5.75 Å². The van der Waals surface area contributed by atoms with Gasteiger partial charge in [-0.15, -0.1) is 0 Å². The molecule has 1 N–H and O–H groups in total. The number of rotatable bonds is 6. The Morgan fingerprint density at radius 3 is 2.44 bits per heavy atom. The number of piperazine rings is 1. The van der Waals surface area contributed by atoms with Crippen molar-refractivity contribution in [3.8, 4) is 28.5 Å². The summed E-state index contributed by atoms with van der Waals surface area (Å²) in [5, 5.41) is 0. The number of benzene rings is 2. The van der Waals surface area contributed by atoms with Gasteiger partial charge in [-0.05, 0) is 33.0 Å². The molecule has 1 aliphatic rings. The van der Waals surface area contributed by atoms with Crippen molar-refractivity contribution in [2.45, 2.75) is 18.7 Å². The topological polar surface area (TPSA) is 113 Å². The van der Waals surface area contributed by atoms with Crippen LogP contribution in [0.1, 0.15) is 12.6 Å². The molecule has 10 nitrogen and oxygen atoms in total. The molecule has 0 aliphatic carbocycles. The molecule has 188 valence electrons. The first kappa shape index (κ1) is 24.2. The summed E-state index contributed by atoms with van der Waals surface area (Å²) in [4.78, 5) is 27.5. The van der Waals surface area contributed by atoms with Crippen molar-refractivity contribution in [1.29, 1.82) is 0 Å². The van der Waals surface area contributed by atoms with Crippen molar-refractivity contribution < 1.29 is 13.2 Å². The number of aromatic nitrogens is 4. The number of likely N-dealkylation sites (N-methyl/N-ethyl adjacent to an activating group) is 1. The van der Waals surface area contributed by atoms with Crippen LogP contribution in [0.4, 0.5) is 0 Å². The number of imidazole rings is 1. The van der Waals surface area contributed by atoms with Crippen molar-refractivity contribution >= 4 is 15.7 Å². The van der Waals surface area contributed by atoms with Gasteiger partial charge in [0, 0.05) is 37.8 Å². The Labute approximate surface area is 209 Å². The number of aromatic amines is 1. The third-order valence-corrected chi connectivity index (χ3v) is 8.20. The minimum Gasteiger partial charge on any atom is -0.493 e. The van der Waals surface area contributed by atoms with Crippen LogP contribution < -0.4 is 10.4 Å². The summed E-state index contributed by atoms with van der Waals surface area (Å²) in [5.74, 6) is 1.12. The highest BCUT2D eigenvalue weighted by molar-refractivity contribution is 7.89. The van der Waals surface area contributed by atoms with Gasteiger partial charge in [0.2, 0.25) is 10.0 Å². The molecule has 0 saturated carbocycles. The van der Waals surface area contributed by atoms with Crippen LogP contribution in [0.25, 0.3) is 28.4 Å². The second-order valence-corrected chi connectivity index (χ2v) is 10.7. The van der Waals surface area contributed by atoms with Gasteiger partial charge in [0.05, 0.1) is 22.8 Å². The predicted molar refractivity (Wildman–Crippen MR) is 137 cm³/mol. The Morgan fingerprint density at radius 2 is 1.75 bits per heavy atom. The van der Waals surface area contributed by atoms with Crippen LogP contribution in [0.15, 0.2) is 58.2 Å². The van der Waals surface area contributed by atoms with Crippen molar-refractivity contribution in [1.82, 2.24) is 28.6 Å². The fraction of sp³-hybridized carbons (Fsp3) is 0.320. The summed E-state index contributed by atoms with van der Waals surface area (Å²) in [6.45, 7) is 6.15. The number of nitrogens with zero attached hydrogens (tertiary/aromatic N) is 5. The molecule has 1 fully saturated rings. The molecular weight excluding hydrogens is 480 g/mol. The van der Waals surface area contributed by atoms with Crippen molar-refractivity contribution in [2.75, 3.05) is 39.8 Å². The number of hydrogen-bond donors (Lipinski definition) is 1. The molecule has 0 amide bonds. The molecule has 36 heavy (non-hydrogen) atoms. The van der Waals surface area contributed by atoms with Crippen molar-refractivity contribution in [2.24, 2.45) is 0 Å². The van der Waals surface area contributed by atoms with Crippen molar-refractivity contribution in [3.05, 3.63) is 64.7 Å². The van der Waals surface area contributed by atoms with Crippen LogP contribution in [0, 0.1) is 6.92 Å². The monoisotopic (exact) mass is 508 g/mol. The maximum atomic E-state index is 13.3. The molecule has 4 aromatic rings. The number of fused-ring (bicyclic) bond motifs is 1. The zero-order valence-electron chi connectivity index (χ0n) is 20.4. The maximum absolute atomic E-state index is 13.3. The fourth-order valence-corrected chi connectivity index (χ4v) is 5.79. The summed E-state index contributed by atoms with van der Waals surface area (Å²) in [6, 6.07) is 14.1. The molecule has 3 heterocycles. The van der Waals surface area contributed by atoms with Gasteiger partial charge in [0.1, 0.15) is 17.4 Å². The normalized spacial score (nSPS) is 15.4. The van der Waals surface area contributed by atoms with Crippen LogP contribution in [0.3, 0.4) is 0 Å². The number of nitrogens with one attached hydrogen (secondary N) is 1. The van der Waals surface area contributed by atoms with Crippen molar-refractivity contribution in [3.63, 3.8) is 0 Å². The highest BCUT2D eigenvalue weighted by Crippen LogP contribution is 2.32. The summed E-state index contributed by atoms with van der Waals surface area (Å²) >= 11 is 0. The van der Waals surface area contributed by atoms with Gasteiger partial charge in [-0.2, -0.15) is 4.31 Å². The first-order valence-corrected chi connectivity index (χ1v) is 13.2. The van der Waals surface area contributed by atoms with Gasteiger partial charge in [0.15, 0.2) is 5.65 Å². The van der Waals surface area contributed by atoms with Gasteiger partial charge >= 0.3 is 5.69 Å². The lowest BCUT2D eigenvalue weighted by Crippen LogP contribution is -2.47. The number of H-pyrrole nitrogens is 1. The Morgan fingerprint density at radius 1 is 1.03 bits per heavy atom. The van der Waals surface area contributed by atoms with E-state index >= 15 is 0 Å². The molecule has 0 spiro atoms. The molecule has 5 rings (SSSR count). The average molecular weight is 509 g/mol. The van der Waals surface area contributed by atoms with Crippen LogP contribution in [-0.4, -0.2) is 76.8 Å². The minimum absolute atomic E-state index is 0.148. The molecule has 11 heteroatoms. The van der Waals surface area contributed by atoms with Crippen LogP contribution in [-0.2, 0) is 10.0 Å². The highest BCUT2D eigenvalue weighted by atomic mass is 32.2. The average Bonchev–Trinajstić information content (AvgIpc) is 3.22. The lowest BCUT2D eigenvalue weighted by atomic mass is 10.2. The fourth-order valence-electron chi connectivity index (χ4n) is 4.35. The molecule has 0 bridgehead atoms. The number of sulfonamides is 1. The van der Waals surface area contributed by atoms with Gasteiger partial charge < -0.3 is 9.64 Å². The third kappa shape index (κ3) is 4.29. The Bertz CT molecular complexity index is 1570.